The van der Waals surface area contributed by atoms with Crippen LogP contribution < -0.4 is 5.32 Å². The molecule has 1 aliphatic carbocycles. The number of halogens is 2. The zero-order valence-corrected chi connectivity index (χ0v) is 9.47. The van der Waals surface area contributed by atoms with E-state index in [4.69, 9.17) is 0 Å². The molecule has 0 amide bonds. The quantitative estimate of drug-likeness (QED) is 0.832. The summed E-state index contributed by atoms with van der Waals surface area (Å²) in [4.78, 5) is 0. The second-order valence-corrected chi connectivity index (χ2v) is 4.63. The van der Waals surface area contributed by atoms with Gasteiger partial charge >= 0.3 is 0 Å². The van der Waals surface area contributed by atoms with Crippen LogP contribution in [0.15, 0.2) is 18.2 Å². The largest absolute Gasteiger partial charge is 0.310 e. The molecule has 0 bridgehead atoms. The second-order valence-electron chi connectivity index (χ2n) is 4.63. The van der Waals surface area contributed by atoms with Crippen LogP contribution in [0.3, 0.4) is 0 Å². The molecule has 1 N–H and O–H groups in total. The van der Waals surface area contributed by atoms with Gasteiger partial charge in [-0.05, 0) is 24.8 Å². The zero-order chi connectivity index (χ0) is 11.5. The zero-order valence-electron chi connectivity index (χ0n) is 9.47. The third-order valence-corrected chi connectivity index (χ3v) is 3.43. The Hall–Kier alpha value is -0.960. The number of hydrogen-bond donors (Lipinski definition) is 1. The standard InChI is InChI=1S/C13H17F2N/c1-9-3-2-4-13(9)16-8-10-5-6-11(14)7-12(10)15/h5-7,9,13,16H,2-4,8H2,1H3. The molecule has 2 atom stereocenters. The Labute approximate surface area is 94.9 Å². The summed E-state index contributed by atoms with van der Waals surface area (Å²) in [5, 5.41) is 3.35. The first-order chi connectivity index (χ1) is 7.66. The smallest absolute Gasteiger partial charge is 0.130 e. The molecular formula is C13H17F2N. The van der Waals surface area contributed by atoms with E-state index in [9.17, 15) is 8.78 Å². The minimum Gasteiger partial charge on any atom is -0.310 e. The van der Waals surface area contributed by atoms with Gasteiger partial charge in [0.25, 0.3) is 0 Å². The Bertz CT molecular complexity index is 365. The first kappa shape index (κ1) is 11.5. The van der Waals surface area contributed by atoms with Crippen LogP contribution >= 0.6 is 0 Å². The van der Waals surface area contributed by atoms with E-state index in [0.717, 1.165) is 12.5 Å². The average molecular weight is 225 g/mol. The van der Waals surface area contributed by atoms with Crippen LogP contribution in [0.4, 0.5) is 8.78 Å². The Morgan fingerprint density at radius 2 is 2.12 bits per heavy atom. The topological polar surface area (TPSA) is 12.0 Å². The summed E-state index contributed by atoms with van der Waals surface area (Å²) in [6, 6.07) is 4.23. The van der Waals surface area contributed by atoms with Crippen molar-refractivity contribution in [2.75, 3.05) is 0 Å². The Kier molecular flexibility index (Phi) is 3.54. The van der Waals surface area contributed by atoms with Crippen LogP contribution in [0.25, 0.3) is 0 Å². The maximum atomic E-state index is 13.3. The van der Waals surface area contributed by atoms with Crippen LogP contribution in [0.1, 0.15) is 31.7 Å². The van der Waals surface area contributed by atoms with Crippen molar-refractivity contribution >= 4 is 0 Å². The molecule has 0 aliphatic heterocycles. The molecule has 1 saturated carbocycles. The lowest BCUT2D eigenvalue weighted by molar-refractivity contribution is 0.421. The van der Waals surface area contributed by atoms with Crippen molar-refractivity contribution < 1.29 is 8.78 Å². The van der Waals surface area contributed by atoms with Crippen LogP contribution in [-0.2, 0) is 6.54 Å². The monoisotopic (exact) mass is 225 g/mol. The minimum atomic E-state index is -0.518. The van der Waals surface area contributed by atoms with E-state index in [1.54, 1.807) is 0 Å². The Balaban J connectivity index is 1.94. The van der Waals surface area contributed by atoms with Crippen LogP contribution in [0.2, 0.25) is 0 Å². The molecule has 3 heteroatoms. The highest BCUT2D eigenvalue weighted by Crippen LogP contribution is 2.25. The van der Waals surface area contributed by atoms with Crippen LogP contribution in [0, 0.1) is 17.6 Å². The highest BCUT2D eigenvalue weighted by Gasteiger charge is 2.22. The molecule has 0 aromatic heterocycles. The van der Waals surface area contributed by atoms with Gasteiger partial charge in [0.15, 0.2) is 0 Å². The van der Waals surface area contributed by atoms with Gasteiger partial charge in [0, 0.05) is 24.2 Å². The van der Waals surface area contributed by atoms with Crippen molar-refractivity contribution in [3.63, 3.8) is 0 Å². The van der Waals surface area contributed by atoms with E-state index in [-0.39, 0.29) is 0 Å². The van der Waals surface area contributed by atoms with Crippen LogP contribution in [0.5, 0.6) is 0 Å². The maximum absolute atomic E-state index is 13.3. The fraction of sp³-hybridized carbons (Fsp3) is 0.538. The van der Waals surface area contributed by atoms with Gasteiger partial charge in [-0.25, -0.2) is 8.78 Å². The van der Waals surface area contributed by atoms with Gasteiger partial charge in [-0.3, -0.25) is 0 Å². The first-order valence-corrected chi connectivity index (χ1v) is 5.84. The van der Waals surface area contributed by atoms with Crippen molar-refractivity contribution in [1.29, 1.82) is 0 Å². The molecule has 88 valence electrons. The molecule has 0 heterocycles. The summed E-state index contributed by atoms with van der Waals surface area (Å²) in [7, 11) is 0. The SMILES string of the molecule is CC1CCCC1NCc1ccc(F)cc1F. The average Bonchev–Trinajstić information content (AvgIpc) is 2.63. The van der Waals surface area contributed by atoms with Crippen molar-refractivity contribution in [3.8, 4) is 0 Å². The summed E-state index contributed by atoms with van der Waals surface area (Å²) in [6.07, 6.45) is 3.64. The van der Waals surface area contributed by atoms with E-state index >= 15 is 0 Å². The lowest BCUT2D eigenvalue weighted by Gasteiger charge is -2.17. The number of hydrogen-bond acceptors (Lipinski definition) is 1. The molecule has 1 aliphatic rings. The molecule has 2 unspecified atom stereocenters. The van der Waals surface area contributed by atoms with Crippen molar-refractivity contribution in [3.05, 3.63) is 35.4 Å². The molecule has 2 rings (SSSR count). The number of benzene rings is 1. The first-order valence-electron chi connectivity index (χ1n) is 5.84. The summed E-state index contributed by atoms with van der Waals surface area (Å²) in [6.45, 7) is 2.70. The van der Waals surface area contributed by atoms with Crippen LogP contribution in [-0.4, -0.2) is 6.04 Å². The highest BCUT2D eigenvalue weighted by atomic mass is 19.1. The summed E-state index contributed by atoms with van der Waals surface area (Å²) < 4.78 is 26.0. The number of nitrogens with one attached hydrogen (secondary N) is 1. The van der Waals surface area contributed by atoms with Gasteiger partial charge in [-0.2, -0.15) is 0 Å². The van der Waals surface area contributed by atoms with Gasteiger partial charge in [-0.1, -0.05) is 19.4 Å². The molecule has 0 radical (unpaired) electrons. The van der Waals surface area contributed by atoms with E-state index in [0.29, 0.717) is 24.1 Å². The third-order valence-electron chi connectivity index (χ3n) is 3.43. The predicted octanol–water partition coefficient (Wildman–Crippen LogP) is 3.24. The number of rotatable bonds is 3. The maximum Gasteiger partial charge on any atom is 0.130 e. The van der Waals surface area contributed by atoms with Crippen molar-refractivity contribution in [2.24, 2.45) is 5.92 Å². The molecule has 0 saturated heterocycles. The van der Waals surface area contributed by atoms with Crippen molar-refractivity contribution in [1.82, 2.24) is 5.32 Å². The summed E-state index contributed by atoms with van der Waals surface area (Å²) in [5.41, 5.74) is 0.542. The summed E-state index contributed by atoms with van der Waals surface area (Å²) in [5.74, 6) is -0.322. The normalized spacial score (nSPS) is 24.9. The van der Waals surface area contributed by atoms with Gasteiger partial charge in [-0.15, -0.1) is 0 Å². The molecule has 1 nitrogen and oxygen atoms in total. The molecule has 16 heavy (non-hydrogen) atoms. The molecule has 0 spiro atoms. The van der Waals surface area contributed by atoms with E-state index in [2.05, 4.69) is 12.2 Å². The molecule has 1 aromatic carbocycles. The highest BCUT2D eigenvalue weighted by molar-refractivity contribution is 5.18. The van der Waals surface area contributed by atoms with E-state index in [1.807, 2.05) is 0 Å². The lowest BCUT2D eigenvalue weighted by atomic mass is 10.1. The molecule has 1 fully saturated rings. The second kappa shape index (κ2) is 4.91. The minimum absolute atomic E-state index is 0.460. The van der Waals surface area contributed by atoms with Gasteiger partial charge in [0.1, 0.15) is 11.6 Å². The molecular weight excluding hydrogens is 208 g/mol. The predicted molar refractivity (Wildman–Crippen MR) is 60.0 cm³/mol. The van der Waals surface area contributed by atoms with Gasteiger partial charge < -0.3 is 5.32 Å². The summed E-state index contributed by atoms with van der Waals surface area (Å²) >= 11 is 0. The third kappa shape index (κ3) is 2.59. The van der Waals surface area contributed by atoms with E-state index < -0.39 is 11.6 Å². The fourth-order valence-electron chi connectivity index (χ4n) is 2.35. The Morgan fingerprint density at radius 3 is 2.75 bits per heavy atom. The fourth-order valence-corrected chi connectivity index (χ4v) is 2.35. The molecule has 1 aromatic rings. The Morgan fingerprint density at radius 1 is 1.31 bits per heavy atom. The lowest BCUT2D eigenvalue weighted by Crippen LogP contribution is -2.30. The van der Waals surface area contributed by atoms with Gasteiger partial charge in [0.05, 0.1) is 0 Å². The van der Waals surface area contributed by atoms with Crippen molar-refractivity contribution in [2.45, 2.75) is 38.8 Å². The van der Waals surface area contributed by atoms with E-state index in [1.165, 1.54) is 25.0 Å². The van der Waals surface area contributed by atoms with Gasteiger partial charge in [0.2, 0.25) is 0 Å².